The number of ether oxygens (including phenoxy) is 2. The van der Waals surface area contributed by atoms with Gasteiger partial charge < -0.3 is 20.5 Å². The van der Waals surface area contributed by atoms with E-state index in [0.717, 1.165) is 19.5 Å². The van der Waals surface area contributed by atoms with Gasteiger partial charge in [-0.3, -0.25) is 4.99 Å². The van der Waals surface area contributed by atoms with Crippen molar-refractivity contribution in [2.75, 3.05) is 40.0 Å². The van der Waals surface area contributed by atoms with Crippen LogP contribution in [-0.4, -0.2) is 46.0 Å². The third-order valence-electron chi connectivity index (χ3n) is 1.83. The van der Waals surface area contributed by atoms with Gasteiger partial charge in [-0.2, -0.15) is 0 Å². The lowest BCUT2D eigenvalue weighted by Gasteiger charge is -2.07. The van der Waals surface area contributed by atoms with E-state index in [2.05, 4.69) is 24.2 Å². The largest absolute Gasteiger partial charge is 0.382 e. The summed E-state index contributed by atoms with van der Waals surface area (Å²) in [6.45, 7) is 7.79. The minimum Gasteiger partial charge on any atom is -0.382 e. The third-order valence-corrected chi connectivity index (χ3v) is 1.83. The van der Waals surface area contributed by atoms with E-state index in [-0.39, 0.29) is 0 Å². The second kappa shape index (κ2) is 10.7. The van der Waals surface area contributed by atoms with E-state index in [0.29, 0.717) is 31.7 Å². The Labute approximate surface area is 98.4 Å². The zero-order valence-electron chi connectivity index (χ0n) is 10.7. The van der Waals surface area contributed by atoms with Crippen LogP contribution < -0.4 is 11.1 Å². The van der Waals surface area contributed by atoms with Gasteiger partial charge >= 0.3 is 0 Å². The molecule has 0 aliphatic rings. The monoisotopic (exact) mass is 231 g/mol. The van der Waals surface area contributed by atoms with Gasteiger partial charge in [0.25, 0.3) is 0 Å². The molecule has 16 heavy (non-hydrogen) atoms. The number of hydrogen-bond acceptors (Lipinski definition) is 3. The first-order valence-corrected chi connectivity index (χ1v) is 5.77. The topological polar surface area (TPSA) is 68.9 Å². The SMILES string of the molecule is COCCOCCCNC(N)=NCC(C)C. The maximum absolute atomic E-state index is 5.66. The van der Waals surface area contributed by atoms with E-state index in [4.69, 9.17) is 15.2 Å². The van der Waals surface area contributed by atoms with Gasteiger partial charge in [-0.1, -0.05) is 13.8 Å². The van der Waals surface area contributed by atoms with Crippen molar-refractivity contribution in [1.82, 2.24) is 5.32 Å². The van der Waals surface area contributed by atoms with Gasteiger partial charge in [0.2, 0.25) is 0 Å². The Balaban J connectivity index is 3.27. The minimum atomic E-state index is 0.519. The molecule has 5 nitrogen and oxygen atoms in total. The minimum absolute atomic E-state index is 0.519. The highest BCUT2D eigenvalue weighted by molar-refractivity contribution is 5.77. The fourth-order valence-corrected chi connectivity index (χ4v) is 0.972. The lowest BCUT2D eigenvalue weighted by Crippen LogP contribution is -2.33. The fourth-order valence-electron chi connectivity index (χ4n) is 0.972. The molecule has 3 N–H and O–H groups in total. The van der Waals surface area contributed by atoms with E-state index in [9.17, 15) is 0 Å². The molecule has 0 amide bonds. The van der Waals surface area contributed by atoms with E-state index in [1.54, 1.807) is 7.11 Å². The van der Waals surface area contributed by atoms with E-state index in [1.165, 1.54) is 0 Å². The first-order chi connectivity index (χ1) is 7.66. The Hall–Kier alpha value is -0.810. The Morgan fingerprint density at radius 3 is 2.69 bits per heavy atom. The molecule has 0 radical (unpaired) electrons. The highest BCUT2D eigenvalue weighted by Gasteiger charge is 1.94. The summed E-state index contributed by atoms with van der Waals surface area (Å²) in [6, 6.07) is 0. The average molecular weight is 231 g/mol. The molecule has 0 aliphatic carbocycles. The van der Waals surface area contributed by atoms with Crippen LogP contribution in [0.25, 0.3) is 0 Å². The van der Waals surface area contributed by atoms with Crippen molar-refractivity contribution in [3.8, 4) is 0 Å². The molecule has 96 valence electrons. The number of guanidine groups is 1. The number of aliphatic imine (C=N–C) groups is 1. The van der Waals surface area contributed by atoms with E-state index in [1.807, 2.05) is 0 Å². The van der Waals surface area contributed by atoms with E-state index < -0.39 is 0 Å². The van der Waals surface area contributed by atoms with Crippen molar-refractivity contribution in [2.24, 2.45) is 16.6 Å². The summed E-state index contributed by atoms with van der Waals surface area (Å²) in [5.74, 6) is 1.06. The van der Waals surface area contributed by atoms with Crippen molar-refractivity contribution >= 4 is 5.96 Å². The van der Waals surface area contributed by atoms with Crippen LogP contribution in [0.1, 0.15) is 20.3 Å². The summed E-state index contributed by atoms with van der Waals surface area (Å²) in [4.78, 5) is 4.19. The summed E-state index contributed by atoms with van der Waals surface area (Å²) < 4.78 is 10.2. The Morgan fingerprint density at radius 2 is 2.06 bits per heavy atom. The van der Waals surface area contributed by atoms with Crippen LogP contribution in [0.3, 0.4) is 0 Å². The van der Waals surface area contributed by atoms with Crippen LogP contribution in [0.2, 0.25) is 0 Å². The average Bonchev–Trinajstić information content (AvgIpc) is 2.25. The maximum atomic E-state index is 5.66. The number of methoxy groups -OCH3 is 1. The Morgan fingerprint density at radius 1 is 1.31 bits per heavy atom. The predicted molar refractivity (Wildman–Crippen MR) is 66.6 cm³/mol. The maximum Gasteiger partial charge on any atom is 0.188 e. The molecule has 0 aromatic heterocycles. The van der Waals surface area contributed by atoms with Crippen LogP contribution in [0, 0.1) is 5.92 Å². The van der Waals surface area contributed by atoms with Crippen LogP contribution in [0.15, 0.2) is 4.99 Å². The van der Waals surface area contributed by atoms with Crippen LogP contribution in [0.5, 0.6) is 0 Å². The van der Waals surface area contributed by atoms with Gasteiger partial charge in [-0.15, -0.1) is 0 Å². The molecule has 0 saturated carbocycles. The van der Waals surface area contributed by atoms with Crippen molar-refractivity contribution in [3.63, 3.8) is 0 Å². The van der Waals surface area contributed by atoms with Gasteiger partial charge in [-0.25, -0.2) is 0 Å². The Kier molecular flexibility index (Phi) is 10.2. The summed E-state index contributed by atoms with van der Waals surface area (Å²) >= 11 is 0. The summed E-state index contributed by atoms with van der Waals surface area (Å²) in [6.07, 6.45) is 0.918. The quantitative estimate of drug-likeness (QED) is 0.346. The molecule has 0 rings (SSSR count). The molecule has 0 fully saturated rings. The molecule has 5 heteroatoms. The third kappa shape index (κ3) is 11.3. The standard InChI is InChI=1S/C11H25N3O2/c1-10(2)9-14-11(12)13-5-4-6-16-8-7-15-3/h10H,4-9H2,1-3H3,(H3,12,13,14). The van der Waals surface area contributed by atoms with Crippen LogP contribution >= 0.6 is 0 Å². The van der Waals surface area contributed by atoms with Crippen LogP contribution in [-0.2, 0) is 9.47 Å². The first-order valence-electron chi connectivity index (χ1n) is 5.77. The molecule has 0 spiro atoms. The molecule has 0 aromatic rings. The van der Waals surface area contributed by atoms with Crippen molar-refractivity contribution < 1.29 is 9.47 Å². The fraction of sp³-hybridized carbons (Fsp3) is 0.909. The van der Waals surface area contributed by atoms with Crippen molar-refractivity contribution in [2.45, 2.75) is 20.3 Å². The normalized spacial score (nSPS) is 12.1. The Bertz CT molecular complexity index is 184. The summed E-state index contributed by atoms with van der Waals surface area (Å²) in [7, 11) is 1.66. The molecule has 0 saturated heterocycles. The second-order valence-electron chi connectivity index (χ2n) is 4.01. The van der Waals surface area contributed by atoms with Gasteiger partial charge in [-0.05, 0) is 12.3 Å². The molecule has 0 bridgehead atoms. The number of hydrogen-bond donors (Lipinski definition) is 2. The highest BCUT2D eigenvalue weighted by Crippen LogP contribution is 1.90. The lowest BCUT2D eigenvalue weighted by molar-refractivity contribution is 0.0698. The number of nitrogens with zero attached hydrogens (tertiary/aromatic N) is 1. The molecule has 0 aromatic carbocycles. The predicted octanol–water partition coefficient (Wildman–Crippen LogP) is 0.600. The second-order valence-corrected chi connectivity index (χ2v) is 4.01. The smallest absolute Gasteiger partial charge is 0.188 e. The highest BCUT2D eigenvalue weighted by atomic mass is 16.5. The number of nitrogens with one attached hydrogen (secondary N) is 1. The van der Waals surface area contributed by atoms with Gasteiger partial charge in [0.1, 0.15) is 0 Å². The molecule has 0 unspecified atom stereocenters. The zero-order valence-corrected chi connectivity index (χ0v) is 10.7. The van der Waals surface area contributed by atoms with E-state index >= 15 is 0 Å². The van der Waals surface area contributed by atoms with Gasteiger partial charge in [0.15, 0.2) is 5.96 Å². The molecule has 0 heterocycles. The first kappa shape index (κ1) is 15.2. The summed E-state index contributed by atoms with van der Waals surface area (Å²) in [5, 5.41) is 3.05. The molecule has 0 aliphatic heterocycles. The molecular formula is C11H25N3O2. The number of rotatable bonds is 9. The van der Waals surface area contributed by atoms with Gasteiger partial charge in [0, 0.05) is 26.8 Å². The molecular weight excluding hydrogens is 206 g/mol. The zero-order chi connectivity index (χ0) is 12.2. The van der Waals surface area contributed by atoms with Crippen molar-refractivity contribution in [3.05, 3.63) is 0 Å². The summed E-state index contributed by atoms with van der Waals surface area (Å²) in [5.41, 5.74) is 5.66. The van der Waals surface area contributed by atoms with Crippen LogP contribution in [0.4, 0.5) is 0 Å². The van der Waals surface area contributed by atoms with Gasteiger partial charge in [0.05, 0.1) is 13.2 Å². The van der Waals surface area contributed by atoms with Crippen molar-refractivity contribution in [1.29, 1.82) is 0 Å². The molecule has 0 atom stereocenters. The lowest BCUT2D eigenvalue weighted by atomic mass is 10.2. The number of nitrogens with two attached hydrogens (primary N) is 1.